The van der Waals surface area contributed by atoms with Crippen LogP contribution in [0.1, 0.15) is 19.8 Å². The van der Waals surface area contributed by atoms with Gasteiger partial charge in [0.2, 0.25) is 0 Å². The average molecular weight is 239 g/mol. The maximum Gasteiger partial charge on any atom is 0.0426 e. The molecule has 0 radical (unpaired) electrons. The first-order valence-corrected chi connectivity index (χ1v) is 6.37. The summed E-state index contributed by atoms with van der Waals surface area (Å²) in [4.78, 5) is 2.42. The molecule has 1 aromatic carbocycles. The van der Waals surface area contributed by atoms with Crippen LogP contribution in [0.5, 0.6) is 0 Å². The molecule has 0 aromatic heterocycles. The molecule has 0 aliphatic carbocycles. The van der Waals surface area contributed by atoms with Crippen LogP contribution in [0.4, 0.5) is 5.69 Å². The molecule has 1 aromatic rings. The van der Waals surface area contributed by atoms with Gasteiger partial charge in [-0.3, -0.25) is 0 Å². The number of rotatable bonds is 1. The van der Waals surface area contributed by atoms with Crippen LogP contribution < -0.4 is 10.2 Å². The molecule has 1 aliphatic rings. The first-order chi connectivity index (χ1) is 7.75. The van der Waals surface area contributed by atoms with Gasteiger partial charge >= 0.3 is 0 Å². The third kappa shape index (κ3) is 3.13. The smallest absolute Gasteiger partial charge is 0.0426 e. The van der Waals surface area contributed by atoms with E-state index in [2.05, 4.69) is 29.3 Å². The monoisotopic (exact) mass is 238 g/mol. The summed E-state index contributed by atoms with van der Waals surface area (Å²) in [5, 5.41) is 4.34. The normalized spacial score (nSPS) is 22.6. The predicted octanol–water partition coefficient (Wildman–Crippen LogP) is 2.92. The largest absolute Gasteiger partial charge is 0.370 e. The first kappa shape index (κ1) is 11.7. The standard InChI is InChI=1S/C13H19ClN2/c1-11-10-16(8-3-2-7-15-11)13-6-4-5-12(14)9-13/h4-6,9,11,15H,2-3,7-8,10H2,1H3. The molecule has 0 bridgehead atoms. The van der Waals surface area contributed by atoms with E-state index < -0.39 is 0 Å². The molecule has 0 saturated carbocycles. The maximum absolute atomic E-state index is 6.03. The van der Waals surface area contributed by atoms with Crippen LogP contribution in [0.15, 0.2) is 24.3 Å². The Bertz CT molecular complexity index is 340. The van der Waals surface area contributed by atoms with Crippen molar-refractivity contribution < 1.29 is 0 Å². The van der Waals surface area contributed by atoms with E-state index in [1.807, 2.05) is 12.1 Å². The van der Waals surface area contributed by atoms with Crippen molar-refractivity contribution in [3.63, 3.8) is 0 Å². The van der Waals surface area contributed by atoms with E-state index in [1.165, 1.54) is 18.5 Å². The zero-order valence-electron chi connectivity index (χ0n) is 9.75. The molecule has 16 heavy (non-hydrogen) atoms. The van der Waals surface area contributed by atoms with Gasteiger partial charge < -0.3 is 10.2 Å². The van der Waals surface area contributed by atoms with Gasteiger partial charge in [0.1, 0.15) is 0 Å². The predicted molar refractivity (Wildman–Crippen MR) is 70.4 cm³/mol. The van der Waals surface area contributed by atoms with Gasteiger partial charge in [0, 0.05) is 29.8 Å². The van der Waals surface area contributed by atoms with Gasteiger partial charge in [-0.1, -0.05) is 17.7 Å². The number of benzene rings is 1. The van der Waals surface area contributed by atoms with Gasteiger partial charge in [-0.15, -0.1) is 0 Å². The molecule has 2 nitrogen and oxygen atoms in total. The summed E-state index contributed by atoms with van der Waals surface area (Å²) in [7, 11) is 0. The van der Waals surface area contributed by atoms with Crippen LogP contribution >= 0.6 is 11.6 Å². The Morgan fingerprint density at radius 2 is 2.25 bits per heavy atom. The van der Waals surface area contributed by atoms with Crippen LogP contribution in [0, 0.1) is 0 Å². The second-order valence-corrected chi connectivity index (χ2v) is 4.92. The summed E-state index contributed by atoms with van der Waals surface area (Å²) < 4.78 is 0. The van der Waals surface area contributed by atoms with E-state index in [9.17, 15) is 0 Å². The number of nitrogens with zero attached hydrogens (tertiary/aromatic N) is 1. The highest BCUT2D eigenvalue weighted by Gasteiger charge is 2.13. The van der Waals surface area contributed by atoms with Gasteiger partial charge in [0.05, 0.1) is 0 Å². The summed E-state index contributed by atoms with van der Waals surface area (Å²) >= 11 is 6.03. The molecule has 1 fully saturated rings. The van der Waals surface area contributed by atoms with Gasteiger partial charge in [-0.25, -0.2) is 0 Å². The Kier molecular flexibility index (Phi) is 4.08. The Hall–Kier alpha value is -0.730. The fourth-order valence-corrected chi connectivity index (χ4v) is 2.35. The van der Waals surface area contributed by atoms with E-state index in [4.69, 9.17) is 11.6 Å². The third-order valence-electron chi connectivity index (χ3n) is 3.02. The van der Waals surface area contributed by atoms with Crippen molar-refractivity contribution in [1.29, 1.82) is 0 Å². The minimum absolute atomic E-state index is 0.541. The lowest BCUT2D eigenvalue weighted by molar-refractivity contribution is 0.485. The highest BCUT2D eigenvalue weighted by molar-refractivity contribution is 6.30. The molecule has 3 heteroatoms. The fraction of sp³-hybridized carbons (Fsp3) is 0.538. The molecule has 88 valence electrons. The molecule has 2 rings (SSSR count). The van der Waals surface area contributed by atoms with Crippen LogP contribution in [0.3, 0.4) is 0 Å². The lowest BCUT2D eigenvalue weighted by Gasteiger charge is -2.31. The molecular weight excluding hydrogens is 220 g/mol. The van der Waals surface area contributed by atoms with Crippen LogP contribution in [0.25, 0.3) is 0 Å². The second kappa shape index (κ2) is 5.55. The summed E-state index contributed by atoms with van der Waals surface area (Å²) in [6.45, 7) is 5.57. The van der Waals surface area contributed by atoms with Crippen LogP contribution in [-0.4, -0.2) is 25.7 Å². The summed E-state index contributed by atoms with van der Waals surface area (Å²) in [6, 6.07) is 8.68. The molecule has 1 N–H and O–H groups in total. The van der Waals surface area contributed by atoms with E-state index in [0.29, 0.717) is 6.04 Å². The van der Waals surface area contributed by atoms with Gasteiger partial charge in [-0.2, -0.15) is 0 Å². The van der Waals surface area contributed by atoms with E-state index in [-0.39, 0.29) is 0 Å². The quantitative estimate of drug-likeness (QED) is 0.810. The number of hydrogen-bond donors (Lipinski definition) is 1. The zero-order chi connectivity index (χ0) is 11.4. The third-order valence-corrected chi connectivity index (χ3v) is 3.25. The van der Waals surface area contributed by atoms with E-state index in [1.54, 1.807) is 0 Å². The molecule has 1 aliphatic heterocycles. The topological polar surface area (TPSA) is 15.3 Å². The average Bonchev–Trinajstić information content (AvgIpc) is 2.23. The first-order valence-electron chi connectivity index (χ1n) is 5.99. The number of nitrogens with one attached hydrogen (secondary N) is 1. The van der Waals surface area contributed by atoms with Gasteiger partial charge in [0.25, 0.3) is 0 Å². The van der Waals surface area contributed by atoms with Crippen molar-refractivity contribution in [3.8, 4) is 0 Å². The zero-order valence-corrected chi connectivity index (χ0v) is 10.5. The van der Waals surface area contributed by atoms with Crippen molar-refractivity contribution in [1.82, 2.24) is 5.32 Å². The van der Waals surface area contributed by atoms with Crippen molar-refractivity contribution in [2.75, 3.05) is 24.5 Å². The Morgan fingerprint density at radius 1 is 1.38 bits per heavy atom. The SMILES string of the molecule is CC1CN(c2cccc(Cl)c2)CCCCN1. The van der Waals surface area contributed by atoms with Gasteiger partial charge in [-0.05, 0) is 44.5 Å². The number of anilines is 1. The minimum Gasteiger partial charge on any atom is -0.370 e. The van der Waals surface area contributed by atoms with Crippen molar-refractivity contribution in [2.45, 2.75) is 25.8 Å². The minimum atomic E-state index is 0.541. The van der Waals surface area contributed by atoms with Crippen LogP contribution in [-0.2, 0) is 0 Å². The summed E-state index contributed by atoms with van der Waals surface area (Å²) in [6.07, 6.45) is 2.49. The molecule has 0 spiro atoms. The van der Waals surface area contributed by atoms with Crippen molar-refractivity contribution >= 4 is 17.3 Å². The Balaban J connectivity index is 2.11. The second-order valence-electron chi connectivity index (χ2n) is 4.49. The Labute approximate surface area is 103 Å². The van der Waals surface area contributed by atoms with Crippen molar-refractivity contribution in [2.24, 2.45) is 0 Å². The highest BCUT2D eigenvalue weighted by atomic mass is 35.5. The van der Waals surface area contributed by atoms with E-state index >= 15 is 0 Å². The fourth-order valence-electron chi connectivity index (χ4n) is 2.17. The Morgan fingerprint density at radius 3 is 3.06 bits per heavy atom. The maximum atomic E-state index is 6.03. The van der Waals surface area contributed by atoms with E-state index in [0.717, 1.165) is 24.7 Å². The molecule has 1 heterocycles. The number of hydrogen-bond acceptors (Lipinski definition) is 2. The molecule has 1 unspecified atom stereocenters. The van der Waals surface area contributed by atoms with Gasteiger partial charge in [0.15, 0.2) is 0 Å². The van der Waals surface area contributed by atoms with Crippen molar-refractivity contribution in [3.05, 3.63) is 29.3 Å². The number of halogens is 1. The summed E-state index contributed by atoms with van der Waals surface area (Å²) in [5.41, 5.74) is 1.24. The van der Waals surface area contributed by atoms with Crippen LogP contribution in [0.2, 0.25) is 5.02 Å². The lowest BCUT2D eigenvalue weighted by Crippen LogP contribution is -2.42. The molecular formula is C13H19ClN2. The lowest BCUT2D eigenvalue weighted by atomic mass is 10.1. The molecule has 1 atom stereocenters. The molecule has 0 amide bonds. The summed E-state index contributed by atoms with van der Waals surface area (Å²) in [5.74, 6) is 0. The molecule has 1 saturated heterocycles. The highest BCUT2D eigenvalue weighted by Crippen LogP contribution is 2.20.